The summed E-state index contributed by atoms with van der Waals surface area (Å²) < 4.78 is 0. The van der Waals surface area contributed by atoms with Gasteiger partial charge in [-0.2, -0.15) is 0 Å². The first-order chi connectivity index (χ1) is 8.00. The molecular weight excluding hydrogens is 240 g/mol. The largest absolute Gasteiger partial charge is 0.328 e. The summed E-state index contributed by atoms with van der Waals surface area (Å²) in [6.07, 6.45) is 0.596. The Balaban J connectivity index is 2.26. The van der Waals surface area contributed by atoms with Gasteiger partial charge in [0.05, 0.1) is 11.1 Å². The van der Waals surface area contributed by atoms with Crippen LogP contribution < -0.4 is 5.73 Å². The molecule has 1 aliphatic heterocycles. The van der Waals surface area contributed by atoms with Gasteiger partial charge in [-0.15, -0.1) is 0 Å². The number of rotatable bonds is 3. The second kappa shape index (κ2) is 4.47. The van der Waals surface area contributed by atoms with Crippen LogP contribution in [0.25, 0.3) is 0 Å². The van der Waals surface area contributed by atoms with E-state index in [0.717, 1.165) is 0 Å². The van der Waals surface area contributed by atoms with E-state index in [2.05, 4.69) is 0 Å². The molecule has 1 aromatic rings. The molecule has 1 heterocycles. The van der Waals surface area contributed by atoms with Gasteiger partial charge in [-0.1, -0.05) is 11.6 Å². The molecule has 0 saturated heterocycles. The van der Waals surface area contributed by atoms with E-state index in [1.54, 1.807) is 12.1 Å². The molecule has 2 rings (SSSR count). The molecule has 0 spiro atoms. The fraction of sp³-hybridized carbons (Fsp3) is 0.333. The van der Waals surface area contributed by atoms with Crippen molar-refractivity contribution >= 4 is 23.4 Å². The zero-order valence-corrected chi connectivity index (χ0v) is 10.2. The van der Waals surface area contributed by atoms with Crippen LogP contribution in [0.5, 0.6) is 0 Å². The fourth-order valence-electron chi connectivity index (χ4n) is 1.80. The number of halogens is 1. The SMILES string of the molecule is CC(N)CCN1C(=O)c2ccc(Cl)cc2C1=O. The second-order valence-electron chi connectivity index (χ2n) is 4.22. The molecule has 2 amide bonds. The van der Waals surface area contributed by atoms with Crippen LogP contribution in [0, 0.1) is 0 Å². The van der Waals surface area contributed by atoms with Crippen molar-refractivity contribution in [1.82, 2.24) is 4.90 Å². The molecule has 0 saturated carbocycles. The lowest BCUT2D eigenvalue weighted by molar-refractivity contribution is 0.0651. The van der Waals surface area contributed by atoms with E-state index in [4.69, 9.17) is 17.3 Å². The highest BCUT2D eigenvalue weighted by molar-refractivity contribution is 6.32. The van der Waals surface area contributed by atoms with Crippen molar-refractivity contribution < 1.29 is 9.59 Å². The van der Waals surface area contributed by atoms with E-state index in [9.17, 15) is 9.59 Å². The van der Waals surface area contributed by atoms with Crippen LogP contribution in [-0.2, 0) is 0 Å². The average Bonchev–Trinajstić information content (AvgIpc) is 2.49. The Bertz CT molecular complexity index is 485. The first-order valence-electron chi connectivity index (χ1n) is 5.42. The van der Waals surface area contributed by atoms with Crippen LogP contribution in [0.4, 0.5) is 0 Å². The molecule has 2 N–H and O–H groups in total. The third-order valence-corrected chi connectivity index (χ3v) is 2.98. The summed E-state index contributed by atoms with van der Waals surface area (Å²) in [7, 11) is 0. The van der Waals surface area contributed by atoms with Gasteiger partial charge in [0.2, 0.25) is 0 Å². The van der Waals surface area contributed by atoms with Crippen molar-refractivity contribution in [3.05, 3.63) is 34.3 Å². The lowest BCUT2D eigenvalue weighted by Gasteiger charge is -2.14. The third-order valence-electron chi connectivity index (χ3n) is 2.74. The maximum Gasteiger partial charge on any atom is 0.261 e. The standard InChI is InChI=1S/C12H13ClN2O2/c1-7(14)4-5-15-11(16)9-3-2-8(13)6-10(9)12(15)17/h2-3,6-7H,4-5,14H2,1H3. The van der Waals surface area contributed by atoms with Crippen LogP contribution in [0.15, 0.2) is 18.2 Å². The minimum Gasteiger partial charge on any atom is -0.328 e. The Morgan fingerprint density at radius 1 is 1.29 bits per heavy atom. The van der Waals surface area contributed by atoms with Gasteiger partial charge in [0, 0.05) is 17.6 Å². The van der Waals surface area contributed by atoms with Crippen LogP contribution in [0.1, 0.15) is 34.1 Å². The highest BCUT2D eigenvalue weighted by Crippen LogP contribution is 2.25. The molecule has 0 fully saturated rings. The lowest BCUT2D eigenvalue weighted by atomic mass is 10.1. The molecule has 1 unspecified atom stereocenters. The predicted octanol–water partition coefficient (Wildman–Crippen LogP) is 1.67. The average molecular weight is 253 g/mol. The van der Waals surface area contributed by atoms with E-state index >= 15 is 0 Å². The topological polar surface area (TPSA) is 63.4 Å². The predicted molar refractivity (Wildman–Crippen MR) is 65.1 cm³/mol. The number of fused-ring (bicyclic) bond motifs is 1. The monoisotopic (exact) mass is 252 g/mol. The van der Waals surface area contributed by atoms with Gasteiger partial charge in [0.25, 0.3) is 11.8 Å². The normalized spacial score (nSPS) is 16.3. The smallest absolute Gasteiger partial charge is 0.261 e. The summed E-state index contributed by atoms with van der Waals surface area (Å²) in [6.45, 7) is 2.19. The zero-order valence-electron chi connectivity index (χ0n) is 9.44. The third kappa shape index (κ3) is 2.18. The summed E-state index contributed by atoms with van der Waals surface area (Å²) in [5.41, 5.74) is 6.42. The summed E-state index contributed by atoms with van der Waals surface area (Å²) in [5.74, 6) is -0.546. The van der Waals surface area contributed by atoms with Crippen molar-refractivity contribution in [2.75, 3.05) is 6.54 Å². The van der Waals surface area contributed by atoms with Crippen molar-refractivity contribution in [3.63, 3.8) is 0 Å². The molecule has 1 atom stereocenters. The van der Waals surface area contributed by atoms with Crippen LogP contribution in [0.3, 0.4) is 0 Å². The van der Waals surface area contributed by atoms with Crippen molar-refractivity contribution in [3.8, 4) is 0 Å². The minimum atomic E-state index is -0.284. The Kier molecular flexibility index (Phi) is 3.17. The summed E-state index contributed by atoms with van der Waals surface area (Å²) >= 11 is 5.81. The van der Waals surface area contributed by atoms with E-state index in [-0.39, 0.29) is 17.9 Å². The Labute approximate surface area is 104 Å². The molecule has 90 valence electrons. The van der Waals surface area contributed by atoms with Gasteiger partial charge in [-0.3, -0.25) is 14.5 Å². The van der Waals surface area contributed by atoms with Crippen molar-refractivity contribution in [2.45, 2.75) is 19.4 Å². The Morgan fingerprint density at radius 3 is 2.59 bits per heavy atom. The molecule has 17 heavy (non-hydrogen) atoms. The number of amides is 2. The van der Waals surface area contributed by atoms with E-state index in [1.165, 1.54) is 11.0 Å². The number of nitrogens with two attached hydrogens (primary N) is 1. The number of nitrogens with zero attached hydrogens (tertiary/aromatic N) is 1. The molecule has 4 nitrogen and oxygen atoms in total. The van der Waals surface area contributed by atoms with Gasteiger partial charge in [-0.25, -0.2) is 0 Å². The maximum atomic E-state index is 12.0. The quantitative estimate of drug-likeness (QED) is 0.833. The van der Waals surface area contributed by atoms with Crippen LogP contribution >= 0.6 is 11.6 Å². The number of carbonyl (C=O) groups excluding carboxylic acids is 2. The summed E-state index contributed by atoms with van der Waals surface area (Å²) in [4.78, 5) is 25.2. The molecular formula is C12H13ClN2O2. The Hall–Kier alpha value is -1.39. The minimum absolute atomic E-state index is 0.0390. The van der Waals surface area contributed by atoms with Crippen molar-refractivity contribution in [2.24, 2.45) is 5.73 Å². The van der Waals surface area contributed by atoms with Crippen molar-refractivity contribution in [1.29, 1.82) is 0 Å². The fourth-order valence-corrected chi connectivity index (χ4v) is 1.97. The molecule has 0 aliphatic carbocycles. The Morgan fingerprint density at radius 2 is 1.94 bits per heavy atom. The number of hydrogen-bond acceptors (Lipinski definition) is 3. The summed E-state index contributed by atoms with van der Waals surface area (Å²) in [6, 6.07) is 4.69. The van der Waals surface area contributed by atoms with Gasteiger partial charge in [0.1, 0.15) is 0 Å². The van der Waals surface area contributed by atoms with Crippen LogP contribution in [-0.4, -0.2) is 29.3 Å². The number of benzene rings is 1. The molecule has 0 radical (unpaired) electrons. The number of carbonyl (C=O) groups is 2. The summed E-state index contributed by atoms with van der Waals surface area (Å²) in [5, 5.41) is 0.457. The maximum absolute atomic E-state index is 12.0. The van der Waals surface area contributed by atoms with Gasteiger partial charge >= 0.3 is 0 Å². The van der Waals surface area contributed by atoms with Gasteiger partial charge < -0.3 is 5.73 Å². The number of imide groups is 1. The number of hydrogen-bond donors (Lipinski definition) is 1. The van der Waals surface area contributed by atoms with E-state index in [1.807, 2.05) is 6.92 Å². The molecule has 0 aromatic heterocycles. The highest BCUT2D eigenvalue weighted by Gasteiger charge is 2.35. The molecule has 1 aliphatic rings. The first-order valence-corrected chi connectivity index (χ1v) is 5.80. The zero-order chi connectivity index (χ0) is 12.6. The van der Waals surface area contributed by atoms with Gasteiger partial charge in [0.15, 0.2) is 0 Å². The van der Waals surface area contributed by atoms with E-state index < -0.39 is 0 Å². The van der Waals surface area contributed by atoms with Crippen LogP contribution in [0.2, 0.25) is 5.02 Å². The molecule has 5 heteroatoms. The van der Waals surface area contributed by atoms with Gasteiger partial charge in [-0.05, 0) is 31.5 Å². The van der Waals surface area contributed by atoms with E-state index in [0.29, 0.717) is 29.1 Å². The molecule has 1 aromatic carbocycles. The lowest BCUT2D eigenvalue weighted by Crippen LogP contribution is -2.33. The highest BCUT2D eigenvalue weighted by atomic mass is 35.5. The first kappa shape index (κ1) is 12.1. The second-order valence-corrected chi connectivity index (χ2v) is 4.65. The molecule has 0 bridgehead atoms.